The van der Waals surface area contributed by atoms with E-state index in [4.69, 9.17) is 5.11 Å². The van der Waals surface area contributed by atoms with E-state index in [2.05, 4.69) is 0 Å². The van der Waals surface area contributed by atoms with E-state index in [-0.39, 0.29) is 16.5 Å². The number of hydrogen-bond acceptors (Lipinski definition) is 4. The molecule has 31 heavy (non-hydrogen) atoms. The largest absolute Gasteiger partial charge is 0.388 e. The quantitative estimate of drug-likeness (QED) is 0.618. The lowest BCUT2D eigenvalue weighted by atomic mass is 9.98. The smallest absolute Gasteiger partial charge is 0.243 e. The number of aliphatic hydroxyl groups is 1. The SMILES string of the molecule is O=C(CO)c1ccc2c(c1)CCN(S(=O)(=O)c1cccc(-c3ccc(F)cc3)c1)CC2. The summed E-state index contributed by atoms with van der Waals surface area (Å²) in [7, 11) is -3.72. The molecule has 3 aromatic carbocycles. The Hall–Kier alpha value is -2.87. The molecular weight excluding hydrogens is 417 g/mol. The van der Waals surface area contributed by atoms with Crippen LogP contribution in [0.2, 0.25) is 0 Å². The number of fused-ring (bicyclic) bond motifs is 1. The van der Waals surface area contributed by atoms with Crippen molar-refractivity contribution >= 4 is 15.8 Å². The number of halogens is 1. The van der Waals surface area contributed by atoms with Crippen LogP contribution >= 0.6 is 0 Å². The molecule has 0 radical (unpaired) electrons. The molecule has 0 saturated carbocycles. The summed E-state index contributed by atoms with van der Waals surface area (Å²) in [5, 5.41) is 9.09. The number of aliphatic hydroxyl groups excluding tert-OH is 1. The molecule has 0 saturated heterocycles. The van der Waals surface area contributed by atoms with Gasteiger partial charge < -0.3 is 5.11 Å². The van der Waals surface area contributed by atoms with Gasteiger partial charge in [-0.2, -0.15) is 4.31 Å². The zero-order valence-electron chi connectivity index (χ0n) is 16.8. The lowest BCUT2D eigenvalue weighted by Gasteiger charge is -2.20. The lowest BCUT2D eigenvalue weighted by Crippen LogP contribution is -2.33. The van der Waals surface area contributed by atoms with E-state index in [9.17, 15) is 17.6 Å². The fraction of sp³-hybridized carbons (Fsp3) is 0.208. The maximum absolute atomic E-state index is 13.3. The monoisotopic (exact) mass is 439 g/mol. The number of sulfonamides is 1. The van der Waals surface area contributed by atoms with Gasteiger partial charge in [-0.25, -0.2) is 12.8 Å². The van der Waals surface area contributed by atoms with Crippen LogP contribution in [0.5, 0.6) is 0 Å². The van der Waals surface area contributed by atoms with Gasteiger partial charge in [0.15, 0.2) is 5.78 Å². The van der Waals surface area contributed by atoms with Crippen molar-refractivity contribution in [3.8, 4) is 11.1 Å². The van der Waals surface area contributed by atoms with E-state index in [0.717, 1.165) is 16.7 Å². The summed E-state index contributed by atoms with van der Waals surface area (Å²) in [5.41, 5.74) is 3.81. The molecule has 0 unspecified atom stereocenters. The second-order valence-electron chi connectivity index (χ2n) is 7.50. The number of benzene rings is 3. The highest BCUT2D eigenvalue weighted by atomic mass is 32.2. The number of hydrogen-bond donors (Lipinski definition) is 1. The van der Waals surface area contributed by atoms with Crippen LogP contribution in [-0.4, -0.2) is 43.3 Å². The van der Waals surface area contributed by atoms with Gasteiger partial charge in [-0.15, -0.1) is 0 Å². The molecule has 1 aliphatic heterocycles. The number of ketones is 1. The van der Waals surface area contributed by atoms with Crippen molar-refractivity contribution in [1.29, 1.82) is 0 Å². The number of nitrogens with zero attached hydrogens (tertiary/aromatic N) is 1. The molecule has 4 rings (SSSR count). The third kappa shape index (κ3) is 4.44. The molecule has 0 amide bonds. The molecule has 0 aliphatic carbocycles. The van der Waals surface area contributed by atoms with Crippen LogP contribution in [0.3, 0.4) is 0 Å². The minimum atomic E-state index is -3.72. The van der Waals surface area contributed by atoms with Gasteiger partial charge in [0, 0.05) is 18.7 Å². The Bertz CT molecular complexity index is 1220. The topological polar surface area (TPSA) is 74.7 Å². The highest BCUT2D eigenvalue weighted by Crippen LogP contribution is 2.27. The van der Waals surface area contributed by atoms with E-state index >= 15 is 0 Å². The molecule has 1 N–H and O–H groups in total. The summed E-state index contributed by atoms with van der Waals surface area (Å²) in [6.45, 7) is 0.0833. The molecule has 5 nitrogen and oxygen atoms in total. The first-order chi connectivity index (χ1) is 14.9. The number of carbonyl (C=O) groups excluding carboxylic acids is 1. The minimum absolute atomic E-state index is 0.191. The first kappa shape index (κ1) is 21.4. The molecule has 0 fully saturated rings. The Morgan fingerprint density at radius 1 is 0.903 bits per heavy atom. The normalized spacial score (nSPS) is 14.6. The summed E-state index contributed by atoms with van der Waals surface area (Å²) >= 11 is 0. The van der Waals surface area contributed by atoms with Crippen molar-refractivity contribution in [3.63, 3.8) is 0 Å². The Morgan fingerprint density at radius 3 is 2.32 bits per heavy atom. The van der Waals surface area contributed by atoms with Crippen LogP contribution in [0.25, 0.3) is 11.1 Å². The molecule has 0 spiro atoms. The molecule has 3 aromatic rings. The molecule has 160 valence electrons. The predicted octanol–water partition coefficient (Wildman–Crippen LogP) is 3.46. The summed E-state index contributed by atoms with van der Waals surface area (Å²) in [5.74, 6) is -0.699. The Kier molecular flexibility index (Phi) is 6.00. The minimum Gasteiger partial charge on any atom is -0.388 e. The first-order valence-corrected chi connectivity index (χ1v) is 11.4. The predicted molar refractivity (Wildman–Crippen MR) is 116 cm³/mol. The second kappa shape index (κ2) is 8.70. The summed E-state index contributed by atoms with van der Waals surface area (Å²) in [6, 6.07) is 17.9. The molecule has 0 aromatic heterocycles. The standard InChI is InChI=1S/C24H22FNO4S/c25-22-8-6-17(7-9-22)19-2-1-3-23(15-19)31(29,30)26-12-10-18-4-5-21(24(28)16-27)14-20(18)11-13-26/h1-9,14-15,27H,10-13,16H2. The van der Waals surface area contributed by atoms with Gasteiger partial charge in [-0.05, 0) is 65.4 Å². The fourth-order valence-electron chi connectivity index (χ4n) is 3.84. The number of Topliss-reactive ketones (excluding diaryl/α,β-unsaturated/α-hetero) is 1. The van der Waals surface area contributed by atoms with E-state index < -0.39 is 16.6 Å². The van der Waals surface area contributed by atoms with Crippen molar-refractivity contribution in [2.45, 2.75) is 17.7 Å². The molecule has 1 aliphatic rings. The van der Waals surface area contributed by atoms with Gasteiger partial charge >= 0.3 is 0 Å². The second-order valence-corrected chi connectivity index (χ2v) is 9.44. The van der Waals surface area contributed by atoms with E-state index in [1.807, 2.05) is 6.07 Å². The molecule has 7 heteroatoms. The maximum Gasteiger partial charge on any atom is 0.243 e. The van der Waals surface area contributed by atoms with Crippen LogP contribution in [0.1, 0.15) is 21.5 Å². The zero-order chi connectivity index (χ0) is 22.0. The van der Waals surface area contributed by atoms with Gasteiger partial charge in [-0.3, -0.25) is 4.79 Å². The summed E-state index contributed by atoms with van der Waals surface area (Å²) in [4.78, 5) is 12.0. The lowest BCUT2D eigenvalue weighted by molar-refractivity contribution is 0.0903. The van der Waals surface area contributed by atoms with E-state index in [0.29, 0.717) is 37.1 Å². The molecular formula is C24H22FNO4S. The third-order valence-corrected chi connectivity index (χ3v) is 7.48. The van der Waals surface area contributed by atoms with Gasteiger partial charge in [0.25, 0.3) is 0 Å². The fourth-order valence-corrected chi connectivity index (χ4v) is 5.33. The van der Waals surface area contributed by atoms with E-state index in [1.165, 1.54) is 16.4 Å². The summed E-state index contributed by atoms with van der Waals surface area (Å²) in [6.07, 6.45) is 1.03. The van der Waals surface area contributed by atoms with Crippen LogP contribution in [0.4, 0.5) is 4.39 Å². The van der Waals surface area contributed by atoms with Crippen LogP contribution < -0.4 is 0 Å². The van der Waals surface area contributed by atoms with Crippen molar-refractivity contribution in [1.82, 2.24) is 4.31 Å². The van der Waals surface area contributed by atoms with E-state index in [1.54, 1.807) is 48.5 Å². The van der Waals surface area contributed by atoms with Crippen LogP contribution in [0.15, 0.2) is 71.6 Å². The summed E-state index contributed by atoms with van der Waals surface area (Å²) < 4.78 is 41.3. The average Bonchev–Trinajstić information content (AvgIpc) is 3.01. The van der Waals surface area contributed by atoms with Crippen molar-refractivity contribution in [3.05, 3.63) is 89.2 Å². The van der Waals surface area contributed by atoms with Crippen LogP contribution in [-0.2, 0) is 22.9 Å². The Labute approximate surface area is 180 Å². The molecule has 0 atom stereocenters. The van der Waals surface area contributed by atoms with Gasteiger partial charge in [0.1, 0.15) is 12.4 Å². The maximum atomic E-state index is 13.3. The van der Waals surface area contributed by atoms with Gasteiger partial charge in [0.2, 0.25) is 10.0 Å². The van der Waals surface area contributed by atoms with Crippen molar-refractivity contribution in [2.75, 3.05) is 19.7 Å². The van der Waals surface area contributed by atoms with Gasteiger partial charge in [-0.1, -0.05) is 36.4 Å². The molecule has 1 heterocycles. The number of carbonyl (C=O) groups is 1. The van der Waals surface area contributed by atoms with Crippen molar-refractivity contribution < 1.29 is 22.7 Å². The van der Waals surface area contributed by atoms with Crippen LogP contribution in [0, 0.1) is 5.82 Å². The highest BCUT2D eigenvalue weighted by Gasteiger charge is 2.27. The highest BCUT2D eigenvalue weighted by molar-refractivity contribution is 7.89. The average molecular weight is 440 g/mol. The van der Waals surface area contributed by atoms with Gasteiger partial charge in [0.05, 0.1) is 4.90 Å². The Balaban J connectivity index is 1.59. The Morgan fingerprint density at radius 2 is 1.61 bits per heavy atom. The third-order valence-electron chi connectivity index (χ3n) is 5.58. The van der Waals surface area contributed by atoms with Crippen molar-refractivity contribution in [2.24, 2.45) is 0 Å². The first-order valence-electron chi connectivity index (χ1n) is 10.0. The zero-order valence-corrected chi connectivity index (χ0v) is 17.6. The molecule has 0 bridgehead atoms. The number of rotatable bonds is 5.